The Balaban J connectivity index is 1.63. The summed E-state index contributed by atoms with van der Waals surface area (Å²) in [6.45, 7) is 0. The number of hydrogen-bond donors (Lipinski definition) is 4. The van der Waals surface area contributed by atoms with E-state index in [0.29, 0.717) is 15.0 Å². The highest BCUT2D eigenvalue weighted by molar-refractivity contribution is 8.01. The van der Waals surface area contributed by atoms with Crippen molar-refractivity contribution in [3.63, 3.8) is 0 Å². The Kier molecular flexibility index (Phi) is 5.11. The van der Waals surface area contributed by atoms with Crippen LogP contribution >= 0.6 is 23.1 Å². The number of para-hydroxylation sites is 1. The Hall–Kier alpha value is -2.31. The molecule has 1 atom stereocenters. The van der Waals surface area contributed by atoms with Crippen molar-refractivity contribution in [2.45, 2.75) is 16.7 Å². The van der Waals surface area contributed by atoms with Gasteiger partial charge in [0.25, 0.3) is 0 Å². The van der Waals surface area contributed by atoms with Gasteiger partial charge in [0.15, 0.2) is 4.34 Å². The number of hydrogen-bond acceptors (Lipinski definition) is 9. The summed E-state index contributed by atoms with van der Waals surface area (Å²) in [4.78, 5) is 23.3. The molecular weight excluding hydrogens is 367 g/mol. The summed E-state index contributed by atoms with van der Waals surface area (Å²) in [6.07, 6.45) is 0.264. The van der Waals surface area contributed by atoms with Crippen molar-refractivity contribution in [3.05, 3.63) is 29.3 Å². The first-order chi connectivity index (χ1) is 11.9. The second kappa shape index (κ2) is 7.29. The molecule has 0 saturated carbocycles. The molecule has 12 heteroatoms. The topological polar surface area (TPSA) is 148 Å². The zero-order chi connectivity index (χ0) is 18.0. The largest absolute Gasteiger partial charge is 0.547 e. The minimum atomic E-state index is -1.33. The molecule has 1 aromatic carbocycles. The van der Waals surface area contributed by atoms with Gasteiger partial charge >= 0.3 is 13.1 Å². The predicted octanol–water partition coefficient (Wildman–Crippen LogP) is 0.0502. The molecule has 1 amide bonds. The SMILES string of the molecule is Nc1nnc(SCC(=O)NC2Cc3cccc(C(=O)O)c3OB2O)s1. The summed E-state index contributed by atoms with van der Waals surface area (Å²) in [5.41, 5.74) is 6.06. The van der Waals surface area contributed by atoms with Crippen molar-refractivity contribution in [1.82, 2.24) is 15.5 Å². The zero-order valence-electron chi connectivity index (χ0n) is 12.7. The first kappa shape index (κ1) is 17.5. The van der Waals surface area contributed by atoms with Gasteiger partial charge in [0.05, 0.1) is 17.3 Å². The Morgan fingerprint density at radius 3 is 2.96 bits per heavy atom. The third-order valence-corrected chi connectivity index (χ3v) is 5.33. The van der Waals surface area contributed by atoms with Crippen LogP contribution in [0, 0.1) is 0 Å². The van der Waals surface area contributed by atoms with Crippen LogP contribution in [-0.2, 0) is 11.2 Å². The van der Waals surface area contributed by atoms with Crippen molar-refractivity contribution in [2.75, 3.05) is 11.5 Å². The number of nitrogens with zero attached hydrogens (tertiary/aromatic N) is 2. The van der Waals surface area contributed by atoms with E-state index in [1.807, 2.05) is 0 Å². The first-order valence-corrected chi connectivity index (χ1v) is 8.95. The maximum absolute atomic E-state index is 12.1. The number of carbonyl (C=O) groups excluding carboxylic acids is 1. The van der Waals surface area contributed by atoms with Crippen LogP contribution < -0.4 is 15.7 Å². The number of nitrogens with two attached hydrogens (primary N) is 1. The summed E-state index contributed by atoms with van der Waals surface area (Å²) >= 11 is 2.36. The molecule has 2 aromatic rings. The molecule has 0 aliphatic carbocycles. The molecule has 3 rings (SSSR count). The predicted molar refractivity (Wildman–Crippen MR) is 92.7 cm³/mol. The standard InChI is InChI=1S/C13H13BN4O5S2/c15-12-17-18-13(25-12)24-5-9(19)16-8-4-6-2-1-3-7(11(20)21)10(6)23-14(8)22/h1-3,8,22H,4-5H2,(H2,15,17)(H,16,19)(H,20,21). The minimum Gasteiger partial charge on any atom is -0.534 e. The third kappa shape index (κ3) is 4.03. The van der Waals surface area contributed by atoms with Gasteiger partial charge in [-0.2, -0.15) is 0 Å². The molecule has 5 N–H and O–H groups in total. The highest BCUT2D eigenvalue weighted by Gasteiger charge is 2.37. The van der Waals surface area contributed by atoms with Crippen LogP contribution in [0.1, 0.15) is 15.9 Å². The molecule has 1 aliphatic rings. The summed E-state index contributed by atoms with van der Waals surface area (Å²) in [6, 6.07) is 4.70. The molecule has 0 bridgehead atoms. The highest BCUT2D eigenvalue weighted by atomic mass is 32.2. The van der Waals surface area contributed by atoms with Gasteiger partial charge in [-0.15, -0.1) is 10.2 Å². The lowest BCUT2D eigenvalue weighted by atomic mass is 9.72. The smallest absolute Gasteiger partial charge is 0.534 e. The fourth-order valence-corrected chi connectivity index (χ4v) is 3.82. The second-order valence-corrected chi connectivity index (χ2v) is 7.41. The maximum atomic E-state index is 12.1. The number of nitrogens with one attached hydrogen (secondary N) is 1. The number of aromatic carboxylic acids is 1. The lowest BCUT2D eigenvalue weighted by molar-refractivity contribution is -0.118. The van der Waals surface area contributed by atoms with E-state index in [1.54, 1.807) is 12.1 Å². The molecule has 2 heterocycles. The molecule has 130 valence electrons. The van der Waals surface area contributed by atoms with E-state index in [4.69, 9.17) is 15.5 Å². The molecule has 1 aromatic heterocycles. The number of amides is 1. The maximum Gasteiger partial charge on any atom is 0.547 e. The van der Waals surface area contributed by atoms with Gasteiger partial charge in [-0.1, -0.05) is 35.2 Å². The summed E-state index contributed by atoms with van der Waals surface area (Å²) in [7, 11) is -1.33. The summed E-state index contributed by atoms with van der Waals surface area (Å²) < 4.78 is 5.89. The van der Waals surface area contributed by atoms with Gasteiger partial charge in [-0.25, -0.2) is 4.79 Å². The van der Waals surface area contributed by atoms with Gasteiger partial charge in [0.2, 0.25) is 11.0 Å². The Morgan fingerprint density at radius 1 is 1.48 bits per heavy atom. The average Bonchev–Trinajstić information content (AvgIpc) is 2.98. The molecule has 0 spiro atoms. The highest BCUT2D eigenvalue weighted by Crippen LogP contribution is 2.30. The molecular formula is C13H13BN4O5S2. The Morgan fingerprint density at radius 2 is 2.28 bits per heavy atom. The van der Waals surface area contributed by atoms with Crippen LogP contribution in [-0.4, -0.2) is 51.0 Å². The summed E-state index contributed by atoms with van der Waals surface area (Å²) in [5.74, 6) is -1.92. The van der Waals surface area contributed by atoms with Crippen LogP contribution in [0.2, 0.25) is 0 Å². The van der Waals surface area contributed by atoms with Gasteiger partial charge in [-0.3, -0.25) is 4.79 Å². The van der Waals surface area contributed by atoms with Gasteiger partial charge in [-0.05, 0) is 18.1 Å². The third-order valence-electron chi connectivity index (χ3n) is 3.44. The fraction of sp³-hybridized carbons (Fsp3) is 0.231. The number of nitrogen functional groups attached to an aromatic ring is 1. The van der Waals surface area contributed by atoms with Gasteiger partial charge in [0, 0.05) is 0 Å². The van der Waals surface area contributed by atoms with Crippen LogP contribution in [0.3, 0.4) is 0 Å². The molecule has 0 radical (unpaired) electrons. The number of anilines is 1. The number of benzene rings is 1. The number of fused-ring (bicyclic) bond motifs is 1. The number of carboxylic acid groups (broad SMARTS) is 1. The lowest BCUT2D eigenvalue weighted by Gasteiger charge is -2.28. The molecule has 25 heavy (non-hydrogen) atoms. The quantitative estimate of drug-likeness (QED) is 0.417. The minimum absolute atomic E-state index is 0.0225. The number of rotatable bonds is 5. The van der Waals surface area contributed by atoms with E-state index in [2.05, 4.69) is 15.5 Å². The first-order valence-electron chi connectivity index (χ1n) is 7.15. The van der Waals surface area contributed by atoms with Crippen LogP contribution in [0.15, 0.2) is 22.5 Å². The molecule has 1 unspecified atom stereocenters. The van der Waals surface area contributed by atoms with Crippen molar-refractivity contribution in [3.8, 4) is 5.75 Å². The summed E-state index contributed by atoms with van der Waals surface area (Å²) in [5, 5.41) is 29.7. The van der Waals surface area contributed by atoms with Gasteiger partial charge in [0.1, 0.15) is 5.75 Å². The van der Waals surface area contributed by atoms with E-state index in [-0.39, 0.29) is 29.4 Å². The van der Waals surface area contributed by atoms with E-state index in [1.165, 1.54) is 29.2 Å². The van der Waals surface area contributed by atoms with Crippen molar-refractivity contribution >= 4 is 47.2 Å². The fourth-order valence-electron chi connectivity index (χ4n) is 2.37. The monoisotopic (exact) mass is 380 g/mol. The Bertz CT molecular complexity index is 817. The zero-order valence-corrected chi connectivity index (χ0v) is 14.3. The van der Waals surface area contributed by atoms with Gasteiger partial charge < -0.3 is 25.8 Å². The van der Waals surface area contributed by atoms with Crippen LogP contribution in [0.5, 0.6) is 5.75 Å². The number of carboxylic acids is 1. The average molecular weight is 380 g/mol. The molecule has 0 saturated heterocycles. The number of carbonyl (C=O) groups is 2. The Labute approximate surface area is 150 Å². The van der Waals surface area contributed by atoms with Crippen molar-refractivity contribution in [2.24, 2.45) is 0 Å². The van der Waals surface area contributed by atoms with Crippen LogP contribution in [0.25, 0.3) is 0 Å². The van der Waals surface area contributed by atoms with E-state index in [9.17, 15) is 14.6 Å². The number of aromatic nitrogens is 2. The van der Waals surface area contributed by atoms with E-state index in [0.717, 1.165) is 0 Å². The second-order valence-electron chi connectivity index (χ2n) is 5.18. The van der Waals surface area contributed by atoms with Crippen molar-refractivity contribution in [1.29, 1.82) is 0 Å². The molecule has 1 aliphatic heterocycles. The van der Waals surface area contributed by atoms with Crippen LogP contribution in [0.4, 0.5) is 5.13 Å². The molecule has 9 nitrogen and oxygen atoms in total. The lowest BCUT2D eigenvalue weighted by Crippen LogP contribution is -2.53. The number of thioether (sulfide) groups is 1. The van der Waals surface area contributed by atoms with E-state index >= 15 is 0 Å². The van der Waals surface area contributed by atoms with Crippen molar-refractivity contribution < 1.29 is 24.4 Å². The normalized spacial score (nSPS) is 16.0. The van der Waals surface area contributed by atoms with E-state index < -0.39 is 19.0 Å². The molecule has 0 fully saturated rings.